The first-order valence-corrected chi connectivity index (χ1v) is 19.4. The standard InChI is InChI=1S/C41H46Cl2FNO2Si/c1-7-14-31(27-47-48(41(4,5)6,36-15-10-8-11-16-36)37-17-12-9-13-18-37)29(3)45-39(30-19-21-33(42)22-20-30)38(23-28(2)40(45)46)32-24-34(43)26-35(44)25-32/h7-13,15-22,24-26,28-29,31,38-39H,1,14,23,27H2,2-6H3/t28?,29-,31+,38?,39?/m1/s1. The number of benzene rings is 4. The van der Waals surface area contributed by atoms with Crippen LogP contribution in [0, 0.1) is 17.7 Å². The van der Waals surface area contributed by atoms with Gasteiger partial charge in [0.15, 0.2) is 0 Å². The number of likely N-dealkylation sites (tertiary alicyclic amines) is 1. The van der Waals surface area contributed by atoms with Crippen molar-refractivity contribution in [3.05, 3.63) is 143 Å². The SMILES string of the molecule is C=CC[C@@H](CO[Si](c1ccccc1)(c1ccccc1)C(C)(C)C)[C@@H](C)N1C(=O)C(C)CC(c2cc(F)cc(Cl)c2)C1c1ccc(Cl)cc1. The van der Waals surface area contributed by atoms with Crippen LogP contribution >= 0.6 is 23.2 Å². The molecule has 7 heteroatoms. The Bertz CT molecular complexity index is 1630. The number of carbonyl (C=O) groups is 1. The normalized spacial score (nSPS) is 20.0. The van der Waals surface area contributed by atoms with Gasteiger partial charge in [-0.1, -0.05) is 130 Å². The van der Waals surface area contributed by atoms with Crippen LogP contribution in [0.3, 0.4) is 0 Å². The van der Waals surface area contributed by atoms with Gasteiger partial charge in [-0.3, -0.25) is 4.79 Å². The molecule has 1 fully saturated rings. The van der Waals surface area contributed by atoms with Gasteiger partial charge in [0, 0.05) is 40.4 Å². The van der Waals surface area contributed by atoms with Crippen LogP contribution < -0.4 is 10.4 Å². The molecule has 0 N–H and O–H groups in total. The van der Waals surface area contributed by atoms with Gasteiger partial charge in [0.1, 0.15) is 5.82 Å². The van der Waals surface area contributed by atoms with Crippen LogP contribution in [0.1, 0.15) is 70.5 Å². The topological polar surface area (TPSA) is 29.5 Å². The maximum absolute atomic E-state index is 14.8. The Morgan fingerprint density at radius 3 is 2.02 bits per heavy atom. The molecule has 1 amide bonds. The monoisotopic (exact) mass is 701 g/mol. The Hall–Kier alpha value is -3.22. The fourth-order valence-corrected chi connectivity index (χ4v) is 12.6. The number of nitrogens with zero attached hydrogens (tertiary/aromatic N) is 1. The number of halogens is 3. The van der Waals surface area contributed by atoms with E-state index in [2.05, 4.69) is 82.8 Å². The fraction of sp³-hybridized carbons (Fsp3) is 0.341. The summed E-state index contributed by atoms with van der Waals surface area (Å²) in [6.45, 7) is 15.5. The zero-order valence-corrected chi connectivity index (χ0v) is 31.0. The molecule has 0 radical (unpaired) electrons. The highest BCUT2D eigenvalue weighted by atomic mass is 35.5. The van der Waals surface area contributed by atoms with E-state index in [9.17, 15) is 9.18 Å². The highest BCUT2D eigenvalue weighted by Gasteiger charge is 2.51. The van der Waals surface area contributed by atoms with Crippen LogP contribution in [-0.2, 0) is 9.22 Å². The Morgan fingerprint density at radius 1 is 0.917 bits per heavy atom. The lowest BCUT2D eigenvalue weighted by atomic mass is 9.75. The first-order chi connectivity index (χ1) is 22.9. The molecule has 1 saturated heterocycles. The summed E-state index contributed by atoms with van der Waals surface area (Å²) in [6.07, 6.45) is 3.15. The highest BCUT2D eigenvalue weighted by Crippen LogP contribution is 2.48. The Kier molecular flexibility index (Phi) is 11.4. The van der Waals surface area contributed by atoms with Crippen molar-refractivity contribution in [2.45, 2.75) is 70.5 Å². The smallest absolute Gasteiger partial charge is 0.261 e. The number of allylic oxidation sites excluding steroid dienone is 1. The zero-order chi connectivity index (χ0) is 34.6. The molecule has 0 aliphatic carbocycles. The second-order valence-electron chi connectivity index (χ2n) is 14.2. The molecule has 0 spiro atoms. The fourth-order valence-electron chi connectivity index (χ4n) is 7.65. The maximum atomic E-state index is 14.8. The van der Waals surface area contributed by atoms with E-state index < -0.39 is 8.32 Å². The van der Waals surface area contributed by atoms with Crippen molar-refractivity contribution in [2.24, 2.45) is 11.8 Å². The van der Waals surface area contributed by atoms with E-state index in [0.29, 0.717) is 29.5 Å². The van der Waals surface area contributed by atoms with Crippen molar-refractivity contribution >= 4 is 47.8 Å². The summed E-state index contributed by atoms with van der Waals surface area (Å²) in [5.41, 5.74) is 1.72. The Labute approximate surface area is 296 Å². The van der Waals surface area contributed by atoms with E-state index in [-0.39, 0.29) is 46.6 Å². The summed E-state index contributed by atoms with van der Waals surface area (Å²) >= 11 is 12.7. The summed E-state index contributed by atoms with van der Waals surface area (Å²) in [4.78, 5) is 16.4. The number of amides is 1. The summed E-state index contributed by atoms with van der Waals surface area (Å²) in [5.74, 6) is -0.841. The van der Waals surface area contributed by atoms with Crippen LogP contribution in [-0.4, -0.2) is 31.8 Å². The van der Waals surface area contributed by atoms with Crippen LogP contribution in [0.15, 0.2) is 116 Å². The molecule has 1 aliphatic rings. The predicted molar refractivity (Wildman–Crippen MR) is 200 cm³/mol. The van der Waals surface area contributed by atoms with Gasteiger partial charge in [-0.2, -0.15) is 0 Å². The second kappa shape index (κ2) is 15.1. The highest BCUT2D eigenvalue weighted by molar-refractivity contribution is 6.99. The van der Waals surface area contributed by atoms with E-state index in [0.717, 1.165) is 11.1 Å². The molecular weight excluding hydrogens is 656 g/mol. The van der Waals surface area contributed by atoms with Crippen LogP contribution in [0.5, 0.6) is 0 Å². The lowest BCUT2D eigenvalue weighted by Gasteiger charge is -2.50. The minimum absolute atomic E-state index is 0.0649. The molecule has 252 valence electrons. The molecule has 5 atom stereocenters. The van der Waals surface area contributed by atoms with Gasteiger partial charge in [-0.15, -0.1) is 6.58 Å². The number of hydrogen-bond acceptors (Lipinski definition) is 2. The van der Waals surface area contributed by atoms with E-state index in [1.54, 1.807) is 6.07 Å². The third-order valence-electron chi connectivity index (χ3n) is 10.0. The first kappa shape index (κ1) is 36.1. The van der Waals surface area contributed by atoms with Crippen LogP contribution in [0.25, 0.3) is 0 Å². The number of hydrogen-bond donors (Lipinski definition) is 0. The van der Waals surface area contributed by atoms with E-state index >= 15 is 0 Å². The van der Waals surface area contributed by atoms with Gasteiger partial charge >= 0.3 is 0 Å². The first-order valence-electron chi connectivity index (χ1n) is 16.8. The van der Waals surface area contributed by atoms with Gasteiger partial charge in [0.05, 0.1) is 6.04 Å². The molecule has 1 heterocycles. The maximum Gasteiger partial charge on any atom is 0.261 e. The zero-order valence-electron chi connectivity index (χ0n) is 28.5. The Morgan fingerprint density at radius 2 is 1.50 bits per heavy atom. The number of rotatable bonds is 11. The van der Waals surface area contributed by atoms with Crippen molar-refractivity contribution in [2.75, 3.05) is 6.61 Å². The third kappa shape index (κ3) is 7.35. The quantitative estimate of drug-likeness (QED) is 0.115. The molecule has 3 unspecified atom stereocenters. The van der Waals surface area contributed by atoms with Gasteiger partial charge in [-0.05, 0) is 76.6 Å². The lowest BCUT2D eigenvalue weighted by Crippen LogP contribution is -2.67. The van der Waals surface area contributed by atoms with E-state index in [4.69, 9.17) is 27.6 Å². The van der Waals surface area contributed by atoms with Crippen molar-refractivity contribution in [1.29, 1.82) is 0 Å². The number of carbonyl (C=O) groups excluding carboxylic acids is 1. The minimum Gasteiger partial charge on any atom is -0.407 e. The van der Waals surface area contributed by atoms with E-state index in [1.165, 1.54) is 16.4 Å². The van der Waals surface area contributed by atoms with Crippen molar-refractivity contribution in [1.82, 2.24) is 4.90 Å². The molecule has 4 aromatic rings. The molecule has 5 rings (SSSR count). The second-order valence-corrected chi connectivity index (χ2v) is 19.4. The van der Waals surface area contributed by atoms with Crippen molar-refractivity contribution < 1.29 is 13.6 Å². The average molecular weight is 703 g/mol. The van der Waals surface area contributed by atoms with Crippen molar-refractivity contribution in [3.63, 3.8) is 0 Å². The summed E-state index contributed by atoms with van der Waals surface area (Å²) < 4.78 is 22.2. The molecule has 3 nitrogen and oxygen atoms in total. The molecule has 48 heavy (non-hydrogen) atoms. The molecule has 0 saturated carbocycles. The molecule has 0 bridgehead atoms. The minimum atomic E-state index is -2.84. The largest absolute Gasteiger partial charge is 0.407 e. The van der Waals surface area contributed by atoms with Gasteiger partial charge < -0.3 is 9.33 Å². The summed E-state index contributed by atoms with van der Waals surface area (Å²) in [6, 6.07) is 33.0. The van der Waals surface area contributed by atoms with E-state index in [1.807, 2.05) is 60.4 Å². The number of piperidine rings is 1. The van der Waals surface area contributed by atoms with Gasteiger partial charge in [0.25, 0.3) is 8.32 Å². The predicted octanol–water partition coefficient (Wildman–Crippen LogP) is 9.98. The van der Waals surface area contributed by atoms with Crippen LogP contribution in [0.4, 0.5) is 4.39 Å². The van der Waals surface area contributed by atoms with Gasteiger partial charge in [-0.25, -0.2) is 4.39 Å². The van der Waals surface area contributed by atoms with Gasteiger partial charge in [0.2, 0.25) is 5.91 Å². The third-order valence-corrected chi connectivity index (χ3v) is 15.5. The molecule has 0 aromatic heterocycles. The van der Waals surface area contributed by atoms with Crippen molar-refractivity contribution in [3.8, 4) is 0 Å². The lowest BCUT2D eigenvalue weighted by molar-refractivity contribution is -0.147. The summed E-state index contributed by atoms with van der Waals surface area (Å²) in [7, 11) is -2.84. The molecular formula is C41H46Cl2FNO2Si. The molecule has 1 aliphatic heterocycles. The summed E-state index contributed by atoms with van der Waals surface area (Å²) in [5, 5.41) is 3.17. The van der Waals surface area contributed by atoms with Crippen LogP contribution in [0.2, 0.25) is 15.1 Å². The average Bonchev–Trinajstić information content (AvgIpc) is 3.05. The Balaban J connectivity index is 1.60. The molecule has 4 aromatic carbocycles.